The van der Waals surface area contributed by atoms with E-state index in [0.717, 1.165) is 36.2 Å². The minimum absolute atomic E-state index is 0.365. The molecule has 1 saturated heterocycles. The second-order valence-corrected chi connectivity index (χ2v) is 6.29. The van der Waals surface area contributed by atoms with Crippen molar-refractivity contribution in [2.75, 3.05) is 19.8 Å². The van der Waals surface area contributed by atoms with E-state index in [9.17, 15) is 0 Å². The summed E-state index contributed by atoms with van der Waals surface area (Å²) in [7, 11) is 0. The van der Waals surface area contributed by atoms with Crippen molar-refractivity contribution in [3.8, 4) is 5.75 Å². The molecule has 1 aliphatic heterocycles. The van der Waals surface area contributed by atoms with E-state index in [1.807, 2.05) is 6.92 Å². The second kappa shape index (κ2) is 8.76. The molecule has 1 aliphatic rings. The number of benzene rings is 1. The number of hydrogen-bond acceptors (Lipinski definition) is 3. The summed E-state index contributed by atoms with van der Waals surface area (Å²) in [6.45, 7) is 6.76. The second-order valence-electron chi connectivity index (χ2n) is 5.44. The Hall–Kier alpha value is -0.580. The fraction of sp³-hybridized carbons (Fsp3) is 0.647. The zero-order valence-corrected chi connectivity index (χ0v) is 14.6. The van der Waals surface area contributed by atoms with Gasteiger partial charge in [-0.15, -0.1) is 0 Å². The summed E-state index contributed by atoms with van der Waals surface area (Å²) in [4.78, 5) is 0. The van der Waals surface area contributed by atoms with Crippen LogP contribution >= 0.6 is 15.9 Å². The zero-order valence-electron chi connectivity index (χ0n) is 13.0. The molecule has 0 radical (unpaired) electrons. The zero-order chi connectivity index (χ0) is 15.1. The summed E-state index contributed by atoms with van der Waals surface area (Å²) in [6.07, 6.45) is 5.10. The molecule has 0 spiro atoms. The Kier molecular flexibility index (Phi) is 7.00. The summed E-state index contributed by atoms with van der Waals surface area (Å²) in [5.74, 6) is 0.919. The van der Waals surface area contributed by atoms with Gasteiger partial charge in [0.1, 0.15) is 5.75 Å². The molecule has 1 aromatic carbocycles. The largest absolute Gasteiger partial charge is 0.494 e. The first-order valence-electron chi connectivity index (χ1n) is 8.01. The number of rotatable bonds is 8. The molecule has 1 fully saturated rings. The Morgan fingerprint density at radius 2 is 2.29 bits per heavy atom. The SMILES string of the molecule is CCNC(CCC1CCCO1)c1ccc(OCC)cc1Br. The van der Waals surface area contributed by atoms with Crippen LogP contribution < -0.4 is 10.1 Å². The molecule has 0 bridgehead atoms. The molecular formula is C17H26BrNO2. The maximum absolute atomic E-state index is 5.74. The third-order valence-corrected chi connectivity index (χ3v) is 4.60. The van der Waals surface area contributed by atoms with Crippen molar-refractivity contribution in [3.05, 3.63) is 28.2 Å². The first kappa shape index (κ1) is 16.8. The summed E-state index contributed by atoms with van der Waals surface area (Å²) in [6, 6.07) is 6.65. The summed E-state index contributed by atoms with van der Waals surface area (Å²) >= 11 is 3.69. The average molecular weight is 356 g/mol. The first-order valence-corrected chi connectivity index (χ1v) is 8.81. The number of halogens is 1. The van der Waals surface area contributed by atoms with Crippen LogP contribution in [0.3, 0.4) is 0 Å². The maximum atomic E-state index is 5.74. The molecule has 1 aromatic rings. The molecule has 0 aromatic heterocycles. The van der Waals surface area contributed by atoms with Crippen LogP contribution in [0.25, 0.3) is 0 Å². The number of hydrogen-bond donors (Lipinski definition) is 1. The average Bonchev–Trinajstić information content (AvgIpc) is 2.98. The van der Waals surface area contributed by atoms with Crippen LogP contribution in [0.2, 0.25) is 0 Å². The Balaban J connectivity index is 2.02. The van der Waals surface area contributed by atoms with Gasteiger partial charge in [0.05, 0.1) is 12.7 Å². The van der Waals surface area contributed by atoms with Crippen molar-refractivity contribution in [3.63, 3.8) is 0 Å². The molecule has 1 N–H and O–H groups in total. The van der Waals surface area contributed by atoms with Gasteiger partial charge in [0.2, 0.25) is 0 Å². The van der Waals surface area contributed by atoms with E-state index in [2.05, 4.69) is 46.4 Å². The van der Waals surface area contributed by atoms with Gasteiger partial charge in [0.15, 0.2) is 0 Å². The molecule has 2 rings (SSSR count). The lowest BCUT2D eigenvalue weighted by Gasteiger charge is -2.22. The van der Waals surface area contributed by atoms with Crippen molar-refractivity contribution in [1.82, 2.24) is 5.32 Å². The number of ether oxygens (including phenoxy) is 2. The third kappa shape index (κ3) is 4.97. The third-order valence-electron chi connectivity index (χ3n) is 3.91. The topological polar surface area (TPSA) is 30.5 Å². The normalized spacial score (nSPS) is 19.7. The minimum atomic E-state index is 0.365. The van der Waals surface area contributed by atoms with E-state index in [1.54, 1.807) is 0 Å². The smallest absolute Gasteiger partial charge is 0.120 e. The van der Waals surface area contributed by atoms with Crippen LogP contribution in [0, 0.1) is 0 Å². The molecule has 0 aliphatic carbocycles. The lowest BCUT2D eigenvalue weighted by Crippen LogP contribution is -2.22. The minimum Gasteiger partial charge on any atom is -0.494 e. The Bertz CT molecular complexity index is 433. The predicted octanol–water partition coefficient (Wildman–Crippen LogP) is 4.46. The molecule has 0 saturated carbocycles. The van der Waals surface area contributed by atoms with Gasteiger partial charge in [-0.2, -0.15) is 0 Å². The lowest BCUT2D eigenvalue weighted by molar-refractivity contribution is 0.0996. The van der Waals surface area contributed by atoms with E-state index >= 15 is 0 Å². The van der Waals surface area contributed by atoms with Gasteiger partial charge >= 0.3 is 0 Å². The van der Waals surface area contributed by atoms with Gasteiger partial charge in [-0.3, -0.25) is 0 Å². The molecule has 1 heterocycles. The molecule has 118 valence electrons. The van der Waals surface area contributed by atoms with E-state index in [0.29, 0.717) is 18.8 Å². The Labute approximate surface area is 136 Å². The van der Waals surface area contributed by atoms with Gasteiger partial charge in [0.25, 0.3) is 0 Å². The van der Waals surface area contributed by atoms with Crippen molar-refractivity contribution < 1.29 is 9.47 Å². The van der Waals surface area contributed by atoms with Crippen molar-refractivity contribution in [1.29, 1.82) is 0 Å². The highest BCUT2D eigenvalue weighted by molar-refractivity contribution is 9.10. The molecule has 21 heavy (non-hydrogen) atoms. The maximum Gasteiger partial charge on any atom is 0.120 e. The number of nitrogens with one attached hydrogen (secondary N) is 1. The van der Waals surface area contributed by atoms with E-state index in [1.165, 1.54) is 18.4 Å². The molecule has 2 atom stereocenters. The van der Waals surface area contributed by atoms with Crippen LogP contribution in [0.4, 0.5) is 0 Å². The van der Waals surface area contributed by atoms with E-state index < -0.39 is 0 Å². The van der Waals surface area contributed by atoms with Gasteiger partial charge < -0.3 is 14.8 Å². The van der Waals surface area contributed by atoms with Crippen LogP contribution in [0.15, 0.2) is 22.7 Å². The monoisotopic (exact) mass is 355 g/mol. The highest BCUT2D eigenvalue weighted by atomic mass is 79.9. The van der Waals surface area contributed by atoms with Gasteiger partial charge in [0, 0.05) is 17.1 Å². The van der Waals surface area contributed by atoms with Gasteiger partial charge in [-0.25, -0.2) is 0 Å². The highest BCUT2D eigenvalue weighted by Crippen LogP contribution is 2.31. The van der Waals surface area contributed by atoms with E-state index in [-0.39, 0.29) is 0 Å². The summed E-state index contributed by atoms with van der Waals surface area (Å²) in [5.41, 5.74) is 1.30. The standard InChI is InChI=1S/C17H26BrNO2/c1-3-19-17(10-8-13-6-5-11-21-13)15-9-7-14(20-4-2)12-16(15)18/h7,9,12-13,17,19H,3-6,8,10-11H2,1-2H3. The van der Waals surface area contributed by atoms with Crippen LogP contribution in [-0.4, -0.2) is 25.9 Å². The fourth-order valence-corrected chi connectivity index (χ4v) is 3.52. The van der Waals surface area contributed by atoms with Crippen molar-refractivity contribution >= 4 is 15.9 Å². The summed E-state index contributed by atoms with van der Waals surface area (Å²) < 4.78 is 12.4. The Morgan fingerprint density at radius 1 is 1.43 bits per heavy atom. The van der Waals surface area contributed by atoms with Crippen LogP contribution in [0.1, 0.15) is 51.1 Å². The van der Waals surface area contributed by atoms with Crippen molar-refractivity contribution in [2.24, 2.45) is 0 Å². The molecular weight excluding hydrogens is 330 g/mol. The van der Waals surface area contributed by atoms with Crippen LogP contribution in [0.5, 0.6) is 5.75 Å². The highest BCUT2D eigenvalue weighted by Gasteiger charge is 2.20. The van der Waals surface area contributed by atoms with Gasteiger partial charge in [-0.1, -0.05) is 28.9 Å². The van der Waals surface area contributed by atoms with Gasteiger partial charge in [-0.05, 0) is 56.8 Å². The first-order chi connectivity index (χ1) is 10.2. The van der Waals surface area contributed by atoms with Crippen molar-refractivity contribution in [2.45, 2.75) is 51.7 Å². The van der Waals surface area contributed by atoms with Crippen LogP contribution in [-0.2, 0) is 4.74 Å². The summed E-state index contributed by atoms with van der Waals surface area (Å²) in [5, 5.41) is 3.59. The molecule has 3 nitrogen and oxygen atoms in total. The lowest BCUT2D eigenvalue weighted by atomic mass is 9.99. The molecule has 0 amide bonds. The fourth-order valence-electron chi connectivity index (χ4n) is 2.89. The predicted molar refractivity (Wildman–Crippen MR) is 89.9 cm³/mol. The molecule has 4 heteroatoms. The quantitative estimate of drug-likeness (QED) is 0.746. The molecule has 2 unspecified atom stereocenters. The Morgan fingerprint density at radius 3 is 2.90 bits per heavy atom. The van der Waals surface area contributed by atoms with E-state index in [4.69, 9.17) is 9.47 Å².